The summed E-state index contributed by atoms with van der Waals surface area (Å²) < 4.78 is 5.55. The lowest BCUT2D eigenvalue weighted by molar-refractivity contribution is 0.00425. The van der Waals surface area contributed by atoms with Crippen LogP contribution in [0.4, 0.5) is 0 Å². The molecule has 1 saturated carbocycles. The molecule has 0 radical (unpaired) electrons. The van der Waals surface area contributed by atoms with Crippen LogP contribution in [0.5, 0.6) is 5.75 Å². The molecule has 34 heavy (non-hydrogen) atoms. The molecule has 6 nitrogen and oxygen atoms in total. The maximum absolute atomic E-state index is 6.41. The van der Waals surface area contributed by atoms with E-state index >= 15 is 0 Å². The zero-order valence-corrected chi connectivity index (χ0v) is 20.9. The SMILES string of the molecule is C=C[C@H]1CN2CC[C@@H]1C[C@H]2[C@H](NC(=S)N[C@@H]1CCCC[C@H]1N)c1ccnc2ccc(OC)cc12. The quantitative estimate of drug-likeness (QED) is 0.428. The van der Waals surface area contributed by atoms with Crippen LogP contribution >= 0.6 is 12.2 Å². The Morgan fingerprint density at radius 1 is 1.29 bits per heavy atom. The van der Waals surface area contributed by atoms with Gasteiger partial charge in [0.15, 0.2) is 5.11 Å². The fourth-order valence-electron chi connectivity index (χ4n) is 6.34. The maximum Gasteiger partial charge on any atom is 0.167 e. The van der Waals surface area contributed by atoms with E-state index in [4.69, 9.17) is 22.7 Å². The number of methoxy groups -OCH3 is 1. The summed E-state index contributed by atoms with van der Waals surface area (Å²) in [7, 11) is 1.71. The summed E-state index contributed by atoms with van der Waals surface area (Å²) in [6.07, 6.45) is 11.0. The summed E-state index contributed by atoms with van der Waals surface area (Å²) in [4.78, 5) is 7.26. The summed E-state index contributed by atoms with van der Waals surface area (Å²) in [5.74, 6) is 2.09. The minimum absolute atomic E-state index is 0.0472. The maximum atomic E-state index is 6.41. The van der Waals surface area contributed by atoms with E-state index in [0.29, 0.717) is 23.0 Å². The van der Waals surface area contributed by atoms with E-state index in [9.17, 15) is 0 Å². The predicted octanol–water partition coefficient (Wildman–Crippen LogP) is 3.91. The van der Waals surface area contributed by atoms with Crippen molar-refractivity contribution in [3.05, 3.63) is 48.7 Å². The molecule has 0 amide bonds. The minimum atomic E-state index is 0.0472. The summed E-state index contributed by atoms with van der Waals surface area (Å²) in [5, 5.41) is 9.12. The number of pyridine rings is 1. The van der Waals surface area contributed by atoms with Gasteiger partial charge < -0.3 is 21.1 Å². The summed E-state index contributed by atoms with van der Waals surface area (Å²) in [6.45, 7) is 6.29. The first-order valence-corrected chi connectivity index (χ1v) is 13.1. The Hall–Kier alpha value is -2.22. The third kappa shape index (κ3) is 4.66. The van der Waals surface area contributed by atoms with Crippen LogP contribution in [0.15, 0.2) is 43.1 Å². The van der Waals surface area contributed by atoms with Crippen LogP contribution in [-0.2, 0) is 0 Å². The molecule has 4 heterocycles. The molecular formula is C27H37N5OS. The molecule has 2 bridgehead atoms. The van der Waals surface area contributed by atoms with Crippen LogP contribution in [-0.4, -0.2) is 53.3 Å². The fourth-order valence-corrected chi connectivity index (χ4v) is 6.62. The highest BCUT2D eigenvalue weighted by Crippen LogP contribution is 2.42. The zero-order chi connectivity index (χ0) is 23.7. The summed E-state index contributed by atoms with van der Waals surface area (Å²) >= 11 is 5.88. The van der Waals surface area contributed by atoms with E-state index in [-0.39, 0.29) is 18.1 Å². The molecule has 7 heteroatoms. The highest BCUT2D eigenvalue weighted by atomic mass is 32.1. The number of nitrogens with one attached hydrogen (secondary N) is 2. The van der Waals surface area contributed by atoms with Crippen LogP contribution in [0.25, 0.3) is 10.9 Å². The van der Waals surface area contributed by atoms with Crippen molar-refractivity contribution in [3.8, 4) is 5.75 Å². The number of hydrogen-bond acceptors (Lipinski definition) is 5. The van der Waals surface area contributed by atoms with E-state index in [2.05, 4.69) is 45.3 Å². The van der Waals surface area contributed by atoms with E-state index in [1.807, 2.05) is 18.3 Å². The Kier molecular flexibility index (Phi) is 7.04. The first-order chi connectivity index (χ1) is 16.6. The van der Waals surface area contributed by atoms with Crippen molar-refractivity contribution in [1.82, 2.24) is 20.5 Å². The van der Waals surface area contributed by atoms with Gasteiger partial charge in [-0.25, -0.2) is 0 Å². The molecule has 4 N–H and O–H groups in total. The van der Waals surface area contributed by atoms with Gasteiger partial charge in [0.1, 0.15) is 5.75 Å². The zero-order valence-electron chi connectivity index (χ0n) is 20.1. The number of fused-ring (bicyclic) bond motifs is 4. The van der Waals surface area contributed by atoms with E-state index < -0.39 is 0 Å². The fraction of sp³-hybridized carbons (Fsp3) is 0.556. The monoisotopic (exact) mass is 479 g/mol. The largest absolute Gasteiger partial charge is 0.497 e. The van der Waals surface area contributed by atoms with Gasteiger partial charge >= 0.3 is 0 Å². The first-order valence-electron chi connectivity index (χ1n) is 12.7. The number of nitrogens with zero attached hydrogens (tertiary/aromatic N) is 2. The first kappa shape index (κ1) is 23.5. The van der Waals surface area contributed by atoms with E-state index in [1.54, 1.807) is 7.11 Å². The Bertz CT molecular complexity index is 1040. The van der Waals surface area contributed by atoms with Gasteiger partial charge in [0.25, 0.3) is 0 Å². The van der Waals surface area contributed by atoms with Gasteiger partial charge in [0.05, 0.1) is 18.7 Å². The van der Waals surface area contributed by atoms with Gasteiger partial charge in [-0.2, -0.15) is 0 Å². The lowest BCUT2D eigenvalue weighted by atomic mass is 9.73. The number of rotatable bonds is 6. The average molecular weight is 480 g/mol. The van der Waals surface area contributed by atoms with Gasteiger partial charge in [-0.15, -0.1) is 6.58 Å². The highest BCUT2D eigenvalue weighted by Gasteiger charge is 2.43. The Morgan fingerprint density at radius 3 is 2.88 bits per heavy atom. The Balaban J connectivity index is 1.47. The van der Waals surface area contributed by atoms with Gasteiger partial charge in [-0.1, -0.05) is 18.9 Å². The topological polar surface area (TPSA) is 75.4 Å². The van der Waals surface area contributed by atoms with E-state index in [0.717, 1.165) is 49.0 Å². The lowest BCUT2D eigenvalue weighted by Gasteiger charge is -2.52. The molecule has 2 aromatic rings. The van der Waals surface area contributed by atoms with Gasteiger partial charge in [-0.3, -0.25) is 9.88 Å². The minimum Gasteiger partial charge on any atom is -0.497 e. The molecule has 4 aliphatic rings. The number of thiocarbonyl (C=S) groups is 1. The van der Waals surface area contributed by atoms with Crippen molar-refractivity contribution < 1.29 is 4.74 Å². The Labute approximate surface area is 208 Å². The third-order valence-electron chi connectivity index (χ3n) is 8.28. The normalized spacial score (nSPS) is 31.6. The second-order valence-electron chi connectivity index (χ2n) is 10.2. The highest BCUT2D eigenvalue weighted by molar-refractivity contribution is 7.80. The number of ether oxygens (including phenoxy) is 1. The molecule has 3 saturated heterocycles. The van der Waals surface area contributed by atoms with Crippen molar-refractivity contribution in [2.75, 3.05) is 20.2 Å². The molecule has 6 rings (SSSR count). The Morgan fingerprint density at radius 2 is 2.15 bits per heavy atom. The molecule has 1 aromatic carbocycles. The summed E-state index contributed by atoms with van der Waals surface area (Å²) in [5.41, 5.74) is 8.60. The van der Waals surface area contributed by atoms with Gasteiger partial charge in [0, 0.05) is 36.3 Å². The number of aromatic nitrogens is 1. The molecule has 1 aromatic heterocycles. The number of benzene rings is 1. The summed E-state index contributed by atoms with van der Waals surface area (Å²) in [6, 6.07) is 9.04. The van der Waals surface area contributed by atoms with Crippen LogP contribution in [0.1, 0.15) is 50.1 Å². The standard InChI is InChI=1S/C27H37N5OS/c1-3-17-16-32-13-11-18(17)14-25(32)26(31-27(34)30-24-7-5-4-6-22(24)28)20-10-12-29-23-9-8-19(33-2)15-21(20)23/h3,8-10,12,15,17-18,22,24-26H,1,4-7,11,13-14,16,28H2,2H3,(H2,30,31,34)/t17-,18+,22+,24+,25-,26+/m0/s1. The van der Waals surface area contributed by atoms with Gasteiger partial charge in [0.2, 0.25) is 0 Å². The number of piperidine rings is 3. The second-order valence-corrected chi connectivity index (χ2v) is 10.6. The molecule has 3 aliphatic heterocycles. The molecule has 4 fully saturated rings. The van der Waals surface area contributed by atoms with Crippen molar-refractivity contribution in [3.63, 3.8) is 0 Å². The van der Waals surface area contributed by atoms with Crippen LogP contribution in [0.2, 0.25) is 0 Å². The van der Waals surface area contributed by atoms with Crippen molar-refractivity contribution in [2.24, 2.45) is 17.6 Å². The van der Waals surface area contributed by atoms with Crippen LogP contribution in [0, 0.1) is 11.8 Å². The molecule has 1 unspecified atom stereocenters. The molecule has 182 valence electrons. The van der Waals surface area contributed by atoms with Crippen molar-refractivity contribution in [2.45, 2.75) is 62.7 Å². The molecule has 0 spiro atoms. The van der Waals surface area contributed by atoms with Gasteiger partial charge in [-0.05, 0) is 86.1 Å². The molecular weight excluding hydrogens is 442 g/mol. The smallest absolute Gasteiger partial charge is 0.167 e. The van der Waals surface area contributed by atoms with Crippen molar-refractivity contribution in [1.29, 1.82) is 0 Å². The van der Waals surface area contributed by atoms with Crippen LogP contribution < -0.4 is 21.1 Å². The number of nitrogens with two attached hydrogens (primary N) is 1. The molecule has 7 atom stereocenters. The van der Waals surface area contributed by atoms with Crippen molar-refractivity contribution >= 4 is 28.2 Å². The van der Waals surface area contributed by atoms with E-state index in [1.165, 1.54) is 24.8 Å². The third-order valence-corrected chi connectivity index (χ3v) is 8.51. The predicted molar refractivity (Wildman–Crippen MR) is 142 cm³/mol. The molecule has 1 aliphatic carbocycles. The lowest BCUT2D eigenvalue weighted by Crippen LogP contribution is -2.59. The number of hydrogen-bond donors (Lipinski definition) is 3. The average Bonchev–Trinajstić information content (AvgIpc) is 2.88. The van der Waals surface area contributed by atoms with Crippen LogP contribution in [0.3, 0.4) is 0 Å². The second kappa shape index (κ2) is 10.2.